The van der Waals surface area contributed by atoms with E-state index < -0.39 is 11.4 Å². The third-order valence-corrected chi connectivity index (χ3v) is 8.02. The number of halogens is 2. The van der Waals surface area contributed by atoms with Gasteiger partial charge in [0.1, 0.15) is 22.4 Å². The summed E-state index contributed by atoms with van der Waals surface area (Å²) < 4.78 is 23.7. The van der Waals surface area contributed by atoms with Crippen LogP contribution >= 0.6 is 27.7 Å². The molecule has 0 spiro atoms. The number of likely N-dealkylation sites (tertiary alicyclic amines) is 1. The molecule has 1 amide bonds. The summed E-state index contributed by atoms with van der Waals surface area (Å²) in [5, 5.41) is 11.4. The van der Waals surface area contributed by atoms with Crippen LogP contribution in [0.5, 0.6) is 0 Å². The topological polar surface area (TPSA) is 88.2 Å². The van der Waals surface area contributed by atoms with Crippen LogP contribution in [0, 0.1) is 17.1 Å². The number of ether oxygens (including phenoxy) is 1. The van der Waals surface area contributed by atoms with Gasteiger partial charge >= 0.3 is 6.09 Å². The molecule has 0 aliphatic carbocycles. The normalized spacial score (nSPS) is 15.9. The van der Waals surface area contributed by atoms with E-state index in [-0.39, 0.29) is 24.1 Å². The molecule has 1 saturated heterocycles. The quantitative estimate of drug-likeness (QED) is 0.229. The Labute approximate surface area is 228 Å². The lowest BCUT2D eigenvalue weighted by molar-refractivity contribution is -0.107. The summed E-state index contributed by atoms with van der Waals surface area (Å²) in [4.78, 5) is 30.5. The first-order valence-electron chi connectivity index (χ1n) is 12.3. The van der Waals surface area contributed by atoms with Crippen LogP contribution in [0.4, 0.5) is 9.18 Å². The van der Waals surface area contributed by atoms with Crippen LogP contribution in [0.25, 0.3) is 21.8 Å². The number of aldehydes is 1. The second-order valence-corrected chi connectivity index (χ2v) is 11.8. The Morgan fingerprint density at radius 2 is 2.11 bits per heavy atom. The minimum atomic E-state index is -0.593. The predicted octanol–water partition coefficient (Wildman–Crippen LogP) is 6.58. The summed E-state index contributed by atoms with van der Waals surface area (Å²) in [6.07, 6.45) is 4.70. The number of carbonyl (C=O) groups excluding carboxylic acids is 2. The molecule has 7 nitrogen and oxygen atoms in total. The lowest BCUT2D eigenvalue weighted by atomic mass is 10.0. The molecule has 1 aliphatic rings. The van der Waals surface area contributed by atoms with Crippen molar-refractivity contribution in [3.8, 4) is 6.07 Å². The van der Waals surface area contributed by atoms with Gasteiger partial charge in [0.05, 0.1) is 22.1 Å². The van der Waals surface area contributed by atoms with Crippen molar-refractivity contribution in [2.45, 2.75) is 69.5 Å². The maximum absolute atomic E-state index is 15.6. The molecule has 3 heterocycles. The molecular formula is C27H30BrFN4O3S. The fourth-order valence-electron chi connectivity index (χ4n) is 4.93. The number of nitriles is 1. The van der Waals surface area contributed by atoms with Crippen LogP contribution in [-0.4, -0.2) is 51.8 Å². The summed E-state index contributed by atoms with van der Waals surface area (Å²) in [6, 6.07) is 6.02. The van der Waals surface area contributed by atoms with Crippen molar-refractivity contribution in [1.82, 2.24) is 14.5 Å². The van der Waals surface area contributed by atoms with Gasteiger partial charge in [-0.1, -0.05) is 0 Å². The minimum absolute atomic E-state index is 0.0683. The molecular weight excluding hydrogens is 559 g/mol. The lowest BCUT2D eigenvalue weighted by Crippen LogP contribution is -2.35. The highest BCUT2D eigenvalue weighted by molar-refractivity contribution is 9.10. The molecule has 1 atom stereocenters. The van der Waals surface area contributed by atoms with Gasteiger partial charge in [-0.2, -0.15) is 5.26 Å². The molecule has 10 heteroatoms. The molecule has 2 aromatic heterocycles. The molecule has 0 N–H and O–H groups in total. The zero-order valence-electron chi connectivity index (χ0n) is 21.4. The smallest absolute Gasteiger partial charge is 0.410 e. The Kier molecular flexibility index (Phi) is 8.14. The number of hydrogen-bond acceptors (Lipinski definition) is 6. The number of benzene rings is 1. The molecule has 1 unspecified atom stereocenters. The van der Waals surface area contributed by atoms with Gasteiger partial charge in [-0.3, -0.25) is 0 Å². The average molecular weight is 590 g/mol. The predicted molar refractivity (Wildman–Crippen MR) is 146 cm³/mol. The molecule has 37 heavy (non-hydrogen) atoms. The number of aryl methyl sites for hydroxylation is 2. The molecule has 0 saturated carbocycles. The summed E-state index contributed by atoms with van der Waals surface area (Å²) in [7, 11) is 0. The van der Waals surface area contributed by atoms with E-state index in [1.54, 1.807) is 4.90 Å². The van der Waals surface area contributed by atoms with E-state index in [4.69, 9.17) is 10.00 Å². The third kappa shape index (κ3) is 5.48. The number of rotatable bonds is 7. The first kappa shape index (κ1) is 27.4. The number of carbonyl (C=O) groups is 2. The number of hydrogen-bond donors (Lipinski definition) is 0. The van der Waals surface area contributed by atoms with Crippen molar-refractivity contribution >= 4 is 61.9 Å². The van der Waals surface area contributed by atoms with Gasteiger partial charge in [0.15, 0.2) is 5.82 Å². The third-order valence-electron chi connectivity index (χ3n) is 6.47. The van der Waals surface area contributed by atoms with Gasteiger partial charge in [0.2, 0.25) is 0 Å². The van der Waals surface area contributed by atoms with Gasteiger partial charge in [-0.05, 0) is 79.9 Å². The Bertz CT molecular complexity index is 1410. The SMILES string of the molecule is CSc1nc2c(F)c(Br)c(CCC#N)cc2c2c1cc(CCC=O)n2C1CCN(C(=O)OC(C)(C)C)C1. The van der Waals surface area contributed by atoms with Crippen LogP contribution in [0.3, 0.4) is 0 Å². The summed E-state index contributed by atoms with van der Waals surface area (Å²) in [6.45, 7) is 6.52. The maximum Gasteiger partial charge on any atom is 0.410 e. The van der Waals surface area contributed by atoms with E-state index in [1.165, 1.54) is 11.8 Å². The standard InChI is InChI=1S/C27H30BrFN4O3S/c1-27(2,3)36-26(35)32-11-9-18(15-32)33-17(8-6-12-34)14-20-24(33)19-13-16(7-5-10-30)21(28)22(29)23(19)31-25(20)37-4/h12-14,18H,5-9,11,15H2,1-4H3. The molecule has 1 aromatic carbocycles. The van der Waals surface area contributed by atoms with Crippen molar-refractivity contribution in [2.75, 3.05) is 19.3 Å². The Morgan fingerprint density at radius 3 is 2.76 bits per heavy atom. The zero-order chi connectivity index (χ0) is 26.9. The van der Waals surface area contributed by atoms with Crippen LogP contribution in [-0.2, 0) is 22.4 Å². The van der Waals surface area contributed by atoms with Gasteiger partial charge in [-0.25, -0.2) is 14.2 Å². The number of aromatic nitrogens is 2. The van der Waals surface area contributed by atoms with Gasteiger partial charge in [0, 0.05) is 42.4 Å². The highest BCUT2D eigenvalue weighted by atomic mass is 79.9. The van der Waals surface area contributed by atoms with Crippen molar-refractivity contribution in [1.29, 1.82) is 5.26 Å². The number of pyridine rings is 1. The average Bonchev–Trinajstić information content (AvgIpc) is 3.47. The molecule has 1 aliphatic heterocycles. The molecule has 0 radical (unpaired) electrons. The molecule has 0 bridgehead atoms. The summed E-state index contributed by atoms with van der Waals surface area (Å²) in [5.41, 5.74) is 2.16. The van der Waals surface area contributed by atoms with Crippen LogP contribution in [0.15, 0.2) is 21.6 Å². The Balaban J connectivity index is 1.93. The van der Waals surface area contributed by atoms with Gasteiger partial charge in [0.25, 0.3) is 0 Å². The van der Waals surface area contributed by atoms with Crippen molar-refractivity contribution in [3.05, 3.63) is 33.7 Å². The highest BCUT2D eigenvalue weighted by Crippen LogP contribution is 2.41. The maximum atomic E-state index is 15.6. The minimum Gasteiger partial charge on any atom is -0.444 e. The van der Waals surface area contributed by atoms with Crippen LogP contribution in [0.1, 0.15) is 57.3 Å². The zero-order valence-corrected chi connectivity index (χ0v) is 23.8. The molecule has 1 fully saturated rings. The van der Waals surface area contributed by atoms with E-state index in [9.17, 15) is 9.59 Å². The van der Waals surface area contributed by atoms with E-state index >= 15 is 4.39 Å². The Hall–Kier alpha value is -2.64. The van der Waals surface area contributed by atoms with E-state index in [2.05, 4.69) is 31.6 Å². The second-order valence-electron chi connectivity index (χ2n) is 10.2. The number of fused-ring (bicyclic) bond motifs is 3. The fourth-order valence-corrected chi connectivity index (χ4v) is 5.98. The second kappa shape index (κ2) is 11.0. The largest absolute Gasteiger partial charge is 0.444 e. The lowest BCUT2D eigenvalue weighted by Gasteiger charge is -2.25. The van der Waals surface area contributed by atoms with E-state index in [1.807, 2.05) is 39.2 Å². The van der Waals surface area contributed by atoms with Gasteiger partial charge in [-0.15, -0.1) is 11.8 Å². The molecule has 196 valence electrons. The van der Waals surface area contributed by atoms with E-state index in [0.29, 0.717) is 59.2 Å². The van der Waals surface area contributed by atoms with Crippen molar-refractivity contribution in [2.24, 2.45) is 0 Å². The Morgan fingerprint density at radius 1 is 1.35 bits per heavy atom. The molecule has 4 rings (SSSR count). The number of thioether (sulfide) groups is 1. The summed E-state index contributed by atoms with van der Waals surface area (Å²) >= 11 is 4.82. The first-order chi connectivity index (χ1) is 17.6. The van der Waals surface area contributed by atoms with Crippen molar-refractivity contribution < 1.29 is 18.7 Å². The fraction of sp³-hybridized carbons (Fsp3) is 0.481. The summed E-state index contributed by atoms with van der Waals surface area (Å²) in [5.74, 6) is -0.452. The van der Waals surface area contributed by atoms with Gasteiger partial charge < -0.3 is 19.0 Å². The van der Waals surface area contributed by atoms with Crippen LogP contribution < -0.4 is 0 Å². The highest BCUT2D eigenvalue weighted by Gasteiger charge is 2.33. The molecule has 3 aromatic rings. The van der Waals surface area contributed by atoms with Crippen molar-refractivity contribution in [3.63, 3.8) is 0 Å². The van der Waals surface area contributed by atoms with E-state index in [0.717, 1.165) is 22.9 Å². The number of amides is 1. The monoisotopic (exact) mass is 588 g/mol. The van der Waals surface area contributed by atoms with Crippen LogP contribution in [0.2, 0.25) is 0 Å². The first-order valence-corrected chi connectivity index (χ1v) is 14.3. The number of nitrogens with zero attached hydrogens (tertiary/aromatic N) is 4.